The second kappa shape index (κ2) is 6.49. The lowest BCUT2D eigenvalue weighted by molar-refractivity contribution is 0.130. The van der Waals surface area contributed by atoms with Crippen LogP contribution in [0.4, 0.5) is 0 Å². The van der Waals surface area contributed by atoms with Crippen LogP contribution in [0, 0.1) is 0 Å². The van der Waals surface area contributed by atoms with E-state index in [0.717, 1.165) is 15.8 Å². The van der Waals surface area contributed by atoms with Crippen molar-refractivity contribution in [1.29, 1.82) is 0 Å². The Morgan fingerprint density at radius 2 is 1.74 bits per heavy atom. The molecule has 0 radical (unpaired) electrons. The van der Waals surface area contributed by atoms with Crippen LogP contribution in [0.25, 0.3) is 10.9 Å². The second-order valence-electron chi connectivity index (χ2n) is 3.92. The lowest BCUT2D eigenvalue weighted by atomic mass is 10.2. The van der Waals surface area contributed by atoms with Crippen LogP contribution in [0.15, 0.2) is 41.4 Å². The van der Waals surface area contributed by atoms with Crippen molar-refractivity contribution in [3.05, 3.63) is 36.5 Å². The van der Waals surface area contributed by atoms with Crippen molar-refractivity contribution >= 4 is 31.5 Å². The van der Waals surface area contributed by atoms with E-state index < -0.39 is 8.80 Å². The van der Waals surface area contributed by atoms with E-state index in [-0.39, 0.29) is 0 Å². The summed E-state index contributed by atoms with van der Waals surface area (Å²) < 4.78 is 16.3. The molecule has 0 unspecified atom stereocenters. The average Bonchev–Trinajstić information content (AvgIpc) is 2.49. The van der Waals surface area contributed by atoms with Gasteiger partial charge >= 0.3 is 8.80 Å². The Hall–Kier alpha value is -0.923. The van der Waals surface area contributed by atoms with Crippen molar-refractivity contribution < 1.29 is 13.3 Å². The number of pyridine rings is 1. The molecule has 0 bridgehead atoms. The van der Waals surface area contributed by atoms with Gasteiger partial charge in [-0.15, -0.1) is 11.8 Å². The van der Waals surface area contributed by atoms with Gasteiger partial charge in [0.1, 0.15) is 0 Å². The van der Waals surface area contributed by atoms with E-state index in [1.807, 2.05) is 12.1 Å². The van der Waals surface area contributed by atoms with Crippen LogP contribution in [0.2, 0.25) is 0 Å². The lowest BCUT2D eigenvalue weighted by Crippen LogP contribution is -2.46. The van der Waals surface area contributed by atoms with Crippen LogP contribution in [-0.2, 0) is 13.3 Å². The predicted octanol–water partition coefficient (Wildman–Crippen LogP) is 2.74. The maximum absolute atomic E-state index is 5.42. The number of rotatable bonds is 6. The number of hydrogen-bond donors (Lipinski definition) is 0. The van der Waals surface area contributed by atoms with Gasteiger partial charge in [0.2, 0.25) is 0 Å². The Kier molecular flexibility index (Phi) is 4.95. The highest BCUT2D eigenvalue weighted by Gasteiger charge is 2.38. The van der Waals surface area contributed by atoms with E-state index in [2.05, 4.69) is 23.2 Å². The minimum Gasteiger partial charge on any atom is -0.376 e. The summed E-state index contributed by atoms with van der Waals surface area (Å²) in [5.41, 5.74) is 1.00. The fourth-order valence-electron chi connectivity index (χ4n) is 1.79. The zero-order chi connectivity index (χ0) is 13.7. The number of thioether (sulfide) groups is 1. The zero-order valence-electron chi connectivity index (χ0n) is 11.3. The SMILES string of the molecule is CO[Si](CSc1cccc2cccnc12)(OC)OC. The van der Waals surface area contributed by atoms with Gasteiger partial charge in [-0.25, -0.2) is 0 Å². The molecule has 4 nitrogen and oxygen atoms in total. The molecule has 0 spiro atoms. The smallest absolute Gasteiger partial charge is 0.376 e. The minimum absolute atomic E-state index is 0.659. The van der Waals surface area contributed by atoms with Crippen LogP contribution < -0.4 is 0 Å². The summed E-state index contributed by atoms with van der Waals surface area (Å²) in [6.07, 6.45) is 1.81. The van der Waals surface area contributed by atoms with Crippen molar-refractivity contribution in [3.8, 4) is 0 Å². The molecule has 19 heavy (non-hydrogen) atoms. The molecule has 0 saturated heterocycles. The first-order valence-corrected chi connectivity index (χ1v) is 8.78. The van der Waals surface area contributed by atoms with E-state index in [1.165, 1.54) is 0 Å². The molecule has 6 heteroatoms. The largest absolute Gasteiger partial charge is 0.510 e. The normalized spacial score (nSPS) is 11.9. The van der Waals surface area contributed by atoms with Gasteiger partial charge in [-0.2, -0.15) is 0 Å². The molecule has 2 rings (SSSR count). The average molecular weight is 295 g/mol. The van der Waals surface area contributed by atoms with Crippen LogP contribution >= 0.6 is 11.8 Å². The topological polar surface area (TPSA) is 40.6 Å². The molecule has 0 aliphatic rings. The van der Waals surface area contributed by atoms with Crippen molar-refractivity contribution in [1.82, 2.24) is 4.98 Å². The number of aromatic nitrogens is 1. The Bertz CT molecular complexity index is 535. The standard InChI is InChI=1S/C13H17NO3SSi/c1-15-19(16-2,17-3)10-18-12-8-4-6-11-7-5-9-14-13(11)12/h4-9H,10H2,1-3H3. The van der Waals surface area contributed by atoms with E-state index in [1.54, 1.807) is 39.3 Å². The first kappa shape index (κ1) is 14.5. The van der Waals surface area contributed by atoms with E-state index in [0.29, 0.717) is 5.38 Å². The summed E-state index contributed by atoms with van der Waals surface area (Å²) >= 11 is 1.65. The van der Waals surface area contributed by atoms with Crippen LogP contribution in [0.5, 0.6) is 0 Å². The summed E-state index contributed by atoms with van der Waals surface area (Å²) in [5, 5.41) is 1.79. The fourth-order valence-corrected chi connectivity index (χ4v) is 5.51. The second-order valence-corrected chi connectivity index (χ2v) is 8.39. The van der Waals surface area contributed by atoms with E-state index >= 15 is 0 Å². The van der Waals surface area contributed by atoms with Gasteiger partial charge in [0.15, 0.2) is 0 Å². The Labute approximate surface area is 118 Å². The van der Waals surface area contributed by atoms with Gasteiger partial charge in [-0.3, -0.25) is 4.98 Å². The maximum Gasteiger partial charge on any atom is 0.510 e. The highest BCUT2D eigenvalue weighted by Crippen LogP contribution is 2.28. The fraction of sp³-hybridized carbons (Fsp3) is 0.308. The predicted molar refractivity (Wildman–Crippen MR) is 79.2 cm³/mol. The number of para-hydroxylation sites is 1. The molecule has 1 heterocycles. The van der Waals surface area contributed by atoms with Crippen LogP contribution in [0.1, 0.15) is 0 Å². The molecular weight excluding hydrogens is 278 g/mol. The van der Waals surface area contributed by atoms with Gasteiger partial charge in [0.25, 0.3) is 0 Å². The molecule has 0 amide bonds. The number of hydrogen-bond acceptors (Lipinski definition) is 5. The number of benzene rings is 1. The highest BCUT2D eigenvalue weighted by molar-refractivity contribution is 8.01. The first-order chi connectivity index (χ1) is 9.24. The summed E-state index contributed by atoms with van der Waals surface area (Å²) in [6.45, 7) is 0. The van der Waals surface area contributed by atoms with Gasteiger partial charge in [0, 0.05) is 37.8 Å². The number of nitrogens with zero attached hydrogens (tertiary/aromatic N) is 1. The van der Waals surface area contributed by atoms with E-state index in [4.69, 9.17) is 13.3 Å². The van der Waals surface area contributed by atoms with Gasteiger partial charge in [0.05, 0.1) is 10.9 Å². The van der Waals surface area contributed by atoms with Crippen molar-refractivity contribution in [2.45, 2.75) is 4.90 Å². The molecule has 102 valence electrons. The molecule has 2 aromatic rings. The quantitative estimate of drug-likeness (QED) is 0.605. The number of fused-ring (bicyclic) bond motifs is 1. The van der Waals surface area contributed by atoms with Crippen molar-refractivity contribution in [2.75, 3.05) is 26.7 Å². The van der Waals surface area contributed by atoms with Crippen molar-refractivity contribution in [2.24, 2.45) is 0 Å². The molecule has 0 N–H and O–H groups in total. The lowest BCUT2D eigenvalue weighted by Gasteiger charge is -2.23. The van der Waals surface area contributed by atoms with E-state index in [9.17, 15) is 0 Å². The van der Waals surface area contributed by atoms with Crippen LogP contribution in [0.3, 0.4) is 0 Å². The Morgan fingerprint density at radius 3 is 2.42 bits per heavy atom. The molecule has 1 aromatic carbocycles. The van der Waals surface area contributed by atoms with Gasteiger partial charge in [-0.1, -0.05) is 18.2 Å². The Morgan fingerprint density at radius 1 is 1.05 bits per heavy atom. The maximum atomic E-state index is 5.42. The third-order valence-corrected chi connectivity index (χ3v) is 7.43. The van der Waals surface area contributed by atoms with Gasteiger partial charge < -0.3 is 13.3 Å². The zero-order valence-corrected chi connectivity index (χ0v) is 13.1. The third-order valence-electron chi connectivity index (χ3n) is 2.93. The molecule has 0 aliphatic carbocycles. The highest BCUT2D eigenvalue weighted by atomic mass is 32.2. The molecule has 0 aliphatic heterocycles. The summed E-state index contributed by atoms with van der Waals surface area (Å²) in [6, 6.07) is 10.1. The monoisotopic (exact) mass is 295 g/mol. The summed E-state index contributed by atoms with van der Waals surface area (Å²) in [4.78, 5) is 5.54. The summed E-state index contributed by atoms with van der Waals surface area (Å²) in [5.74, 6) is 0. The van der Waals surface area contributed by atoms with Crippen molar-refractivity contribution in [3.63, 3.8) is 0 Å². The molecule has 0 saturated carbocycles. The Balaban J connectivity index is 2.22. The van der Waals surface area contributed by atoms with Gasteiger partial charge in [-0.05, 0) is 12.1 Å². The third kappa shape index (κ3) is 3.15. The first-order valence-electron chi connectivity index (χ1n) is 5.86. The minimum atomic E-state index is -2.55. The summed E-state index contributed by atoms with van der Waals surface area (Å²) in [7, 11) is 2.33. The molecule has 1 aromatic heterocycles. The van der Waals surface area contributed by atoms with Crippen LogP contribution in [-0.4, -0.2) is 40.5 Å². The molecule has 0 fully saturated rings. The molecular formula is C13H17NO3SSi. The molecule has 0 atom stereocenters.